The van der Waals surface area contributed by atoms with E-state index in [0.717, 1.165) is 25.7 Å². The van der Waals surface area contributed by atoms with Crippen molar-refractivity contribution in [1.29, 1.82) is 0 Å². The Morgan fingerprint density at radius 1 is 1.41 bits per heavy atom. The van der Waals surface area contributed by atoms with Crippen LogP contribution in [0.3, 0.4) is 0 Å². The molecule has 17 heavy (non-hydrogen) atoms. The lowest BCUT2D eigenvalue weighted by Gasteiger charge is -2.30. The molecule has 2 N–H and O–H groups in total. The molecule has 1 amide bonds. The van der Waals surface area contributed by atoms with Crippen molar-refractivity contribution in [2.24, 2.45) is 11.7 Å². The van der Waals surface area contributed by atoms with Gasteiger partial charge in [0.15, 0.2) is 0 Å². The number of carbonyl (C=O) groups is 1. The maximum absolute atomic E-state index is 12.3. The molecule has 0 aliphatic heterocycles. The summed E-state index contributed by atoms with van der Waals surface area (Å²) in [6, 6.07) is 5.57. The Kier molecular flexibility index (Phi) is 3.74. The average molecular weight is 233 g/mol. The fourth-order valence-electron chi connectivity index (χ4n) is 2.38. The Bertz CT molecular complexity index is 380. The van der Waals surface area contributed by atoms with Crippen LogP contribution in [0.25, 0.3) is 0 Å². The molecule has 1 aliphatic rings. The number of hydrogen-bond donors (Lipinski definition) is 1. The number of nitrogens with zero attached hydrogens (tertiary/aromatic N) is 2. The molecule has 1 aromatic heterocycles. The van der Waals surface area contributed by atoms with Crippen LogP contribution in [0.4, 0.5) is 5.82 Å². The van der Waals surface area contributed by atoms with Gasteiger partial charge in [0, 0.05) is 19.3 Å². The van der Waals surface area contributed by atoms with Crippen molar-refractivity contribution >= 4 is 11.7 Å². The zero-order valence-electron chi connectivity index (χ0n) is 10.2. The molecule has 2 atom stereocenters. The summed E-state index contributed by atoms with van der Waals surface area (Å²) in [7, 11) is 1.77. The van der Waals surface area contributed by atoms with Crippen molar-refractivity contribution in [3.05, 3.63) is 24.4 Å². The number of aromatic nitrogens is 1. The topological polar surface area (TPSA) is 59.2 Å². The molecule has 0 saturated heterocycles. The molecule has 0 bridgehead atoms. The third-order valence-corrected chi connectivity index (χ3v) is 3.46. The van der Waals surface area contributed by atoms with Crippen LogP contribution in [0.5, 0.6) is 0 Å². The van der Waals surface area contributed by atoms with E-state index in [4.69, 9.17) is 5.73 Å². The summed E-state index contributed by atoms with van der Waals surface area (Å²) in [4.78, 5) is 18.1. The normalized spacial score (nSPS) is 24.4. The van der Waals surface area contributed by atoms with Crippen LogP contribution < -0.4 is 10.6 Å². The van der Waals surface area contributed by atoms with Gasteiger partial charge >= 0.3 is 0 Å². The van der Waals surface area contributed by atoms with Crippen LogP contribution >= 0.6 is 0 Å². The van der Waals surface area contributed by atoms with E-state index in [0.29, 0.717) is 5.82 Å². The third-order valence-electron chi connectivity index (χ3n) is 3.46. The predicted molar refractivity (Wildman–Crippen MR) is 67.6 cm³/mol. The molecule has 1 aliphatic carbocycles. The van der Waals surface area contributed by atoms with Gasteiger partial charge in [-0.15, -0.1) is 0 Å². The molecule has 0 spiro atoms. The van der Waals surface area contributed by atoms with Crippen molar-refractivity contribution in [3.8, 4) is 0 Å². The van der Waals surface area contributed by atoms with E-state index in [1.807, 2.05) is 18.2 Å². The molecular formula is C13H19N3O. The first-order valence-corrected chi connectivity index (χ1v) is 6.14. The average Bonchev–Trinajstić information content (AvgIpc) is 2.39. The van der Waals surface area contributed by atoms with E-state index in [1.165, 1.54) is 0 Å². The van der Waals surface area contributed by atoms with Gasteiger partial charge < -0.3 is 5.73 Å². The quantitative estimate of drug-likeness (QED) is 0.843. The predicted octanol–water partition coefficient (Wildman–Crippen LogP) is 1.56. The molecule has 4 nitrogen and oxygen atoms in total. The lowest BCUT2D eigenvalue weighted by molar-refractivity contribution is -0.123. The molecule has 2 rings (SSSR count). The van der Waals surface area contributed by atoms with Crippen LogP contribution in [0.15, 0.2) is 24.4 Å². The van der Waals surface area contributed by atoms with Crippen LogP contribution in [-0.2, 0) is 4.79 Å². The number of pyridine rings is 1. The third kappa shape index (κ3) is 2.64. The van der Waals surface area contributed by atoms with Crippen molar-refractivity contribution in [2.75, 3.05) is 11.9 Å². The maximum Gasteiger partial charge on any atom is 0.232 e. The summed E-state index contributed by atoms with van der Waals surface area (Å²) in [5, 5.41) is 0. The van der Waals surface area contributed by atoms with Gasteiger partial charge in [-0.05, 0) is 25.0 Å². The van der Waals surface area contributed by atoms with Crippen molar-refractivity contribution < 1.29 is 4.79 Å². The lowest BCUT2D eigenvalue weighted by atomic mass is 9.84. The monoisotopic (exact) mass is 233 g/mol. The van der Waals surface area contributed by atoms with E-state index < -0.39 is 0 Å². The Morgan fingerprint density at radius 3 is 2.82 bits per heavy atom. The molecule has 92 valence electrons. The molecule has 4 heteroatoms. The summed E-state index contributed by atoms with van der Waals surface area (Å²) in [5.41, 5.74) is 6.03. The van der Waals surface area contributed by atoms with E-state index in [1.54, 1.807) is 18.1 Å². The maximum atomic E-state index is 12.3. The second-order valence-corrected chi connectivity index (χ2v) is 4.64. The fraction of sp³-hybridized carbons (Fsp3) is 0.538. The highest BCUT2D eigenvalue weighted by Gasteiger charge is 2.30. The SMILES string of the molecule is CN(C(=O)C1CCCCC1N)c1ccccn1. The van der Waals surface area contributed by atoms with Gasteiger partial charge in [0.25, 0.3) is 0 Å². The molecule has 0 radical (unpaired) electrons. The Morgan fingerprint density at radius 2 is 2.18 bits per heavy atom. The van der Waals surface area contributed by atoms with Crippen molar-refractivity contribution in [2.45, 2.75) is 31.7 Å². The highest BCUT2D eigenvalue weighted by atomic mass is 16.2. The highest BCUT2D eigenvalue weighted by Crippen LogP contribution is 2.25. The Balaban J connectivity index is 2.09. The van der Waals surface area contributed by atoms with Gasteiger partial charge in [-0.2, -0.15) is 0 Å². The van der Waals surface area contributed by atoms with E-state index >= 15 is 0 Å². The molecule has 0 aromatic carbocycles. The highest BCUT2D eigenvalue weighted by molar-refractivity contribution is 5.94. The summed E-state index contributed by atoms with van der Waals surface area (Å²) in [6.07, 6.45) is 5.78. The number of rotatable bonds is 2. The van der Waals surface area contributed by atoms with E-state index in [2.05, 4.69) is 4.98 Å². The van der Waals surface area contributed by atoms with Crippen LogP contribution in [-0.4, -0.2) is 24.0 Å². The Labute approximate surface area is 102 Å². The second kappa shape index (κ2) is 5.27. The first kappa shape index (κ1) is 12.0. The standard InChI is InChI=1S/C13H19N3O/c1-16(12-8-4-5-9-15-12)13(17)10-6-2-3-7-11(10)14/h4-5,8-11H,2-3,6-7,14H2,1H3. The molecule has 1 saturated carbocycles. The summed E-state index contributed by atoms with van der Waals surface area (Å²) in [6.45, 7) is 0. The summed E-state index contributed by atoms with van der Waals surface area (Å²) in [5.74, 6) is 0.738. The van der Waals surface area contributed by atoms with Gasteiger partial charge in [-0.3, -0.25) is 9.69 Å². The van der Waals surface area contributed by atoms with Crippen LogP contribution in [0.2, 0.25) is 0 Å². The minimum absolute atomic E-state index is 0.00223. The van der Waals surface area contributed by atoms with E-state index in [9.17, 15) is 4.79 Å². The number of nitrogens with two attached hydrogens (primary N) is 1. The first-order valence-electron chi connectivity index (χ1n) is 6.14. The molecule has 1 heterocycles. The smallest absolute Gasteiger partial charge is 0.232 e. The van der Waals surface area contributed by atoms with Gasteiger partial charge in [-0.25, -0.2) is 4.98 Å². The number of carbonyl (C=O) groups excluding carboxylic acids is 1. The summed E-state index contributed by atoms with van der Waals surface area (Å²) >= 11 is 0. The van der Waals surface area contributed by atoms with Gasteiger partial charge in [-0.1, -0.05) is 18.9 Å². The minimum atomic E-state index is -0.0456. The molecule has 2 unspecified atom stereocenters. The largest absolute Gasteiger partial charge is 0.327 e. The zero-order chi connectivity index (χ0) is 12.3. The van der Waals surface area contributed by atoms with Gasteiger partial charge in [0.1, 0.15) is 5.82 Å². The van der Waals surface area contributed by atoms with Gasteiger partial charge in [0.2, 0.25) is 5.91 Å². The molecule has 1 aromatic rings. The van der Waals surface area contributed by atoms with E-state index in [-0.39, 0.29) is 17.9 Å². The minimum Gasteiger partial charge on any atom is -0.327 e. The molecular weight excluding hydrogens is 214 g/mol. The zero-order valence-corrected chi connectivity index (χ0v) is 10.2. The molecule has 1 fully saturated rings. The number of anilines is 1. The van der Waals surface area contributed by atoms with Gasteiger partial charge in [0.05, 0.1) is 5.92 Å². The Hall–Kier alpha value is -1.42. The van der Waals surface area contributed by atoms with Crippen molar-refractivity contribution in [3.63, 3.8) is 0 Å². The van der Waals surface area contributed by atoms with Crippen molar-refractivity contribution in [1.82, 2.24) is 4.98 Å². The summed E-state index contributed by atoms with van der Waals surface area (Å²) < 4.78 is 0. The van der Waals surface area contributed by atoms with Crippen LogP contribution in [0, 0.1) is 5.92 Å². The first-order chi connectivity index (χ1) is 8.20. The fourth-order valence-corrected chi connectivity index (χ4v) is 2.38. The number of amides is 1. The number of hydrogen-bond acceptors (Lipinski definition) is 3. The lowest BCUT2D eigenvalue weighted by Crippen LogP contribution is -2.44. The van der Waals surface area contributed by atoms with Crippen LogP contribution in [0.1, 0.15) is 25.7 Å². The second-order valence-electron chi connectivity index (χ2n) is 4.64.